The molecule has 3 heteroatoms. The van der Waals surface area contributed by atoms with E-state index in [1.54, 1.807) is 11.1 Å². The Hall–Kier alpha value is -6.45. The van der Waals surface area contributed by atoms with Crippen LogP contribution < -0.4 is 0 Å². The maximum Gasteiger partial charge on any atom is 0.164 e. The van der Waals surface area contributed by atoms with Gasteiger partial charge >= 0.3 is 0 Å². The minimum atomic E-state index is 0.101. The lowest BCUT2D eigenvalue weighted by Gasteiger charge is -2.61. The van der Waals surface area contributed by atoms with E-state index in [1.807, 2.05) is 36.4 Å². The summed E-state index contributed by atoms with van der Waals surface area (Å²) in [5, 5.41) is 7.73. The second-order valence-corrected chi connectivity index (χ2v) is 17.6. The van der Waals surface area contributed by atoms with E-state index in [2.05, 4.69) is 127 Å². The number of benzene rings is 8. The molecule has 0 radical (unpaired) electrons. The Balaban J connectivity index is 1.01. The molecule has 14 rings (SSSR count). The van der Waals surface area contributed by atoms with Crippen molar-refractivity contribution in [1.29, 1.82) is 0 Å². The summed E-state index contributed by atoms with van der Waals surface area (Å²) in [7, 11) is 0. The minimum Gasteiger partial charge on any atom is -0.208 e. The SMILES string of the molecule is c1ccc(-c2nc(-c3ccccc3)nc(-c3cccc4cc(-c5cccc6ccc7c(c56)-c5cc6ccccc6cc5C75C6CC7CC(C6)CC5C7)ccc34)n2)cc1. The van der Waals surface area contributed by atoms with Gasteiger partial charge in [-0.25, -0.2) is 15.0 Å². The Morgan fingerprint density at radius 2 is 0.966 bits per heavy atom. The summed E-state index contributed by atoms with van der Waals surface area (Å²) in [5.41, 5.74) is 11.8. The van der Waals surface area contributed by atoms with Gasteiger partial charge in [-0.15, -0.1) is 0 Å². The summed E-state index contributed by atoms with van der Waals surface area (Å²) in [4.78, 5) is 15.2. The molecule has 0 saturated heterocycles. The Morgan fingerprint density at radius 1 is 0.379 bits per heavy atom. The molecule has 0 N–H and O–H groups in total. The molecule has 5 aliphatic rings. The first-order valence-corrected chi connectivity index (χ1v) is 21.2. The molecule has 5 aliphatic carbocycles. The van der Waals surface area contributed by atoms with Crippen LogP contribution in [-0.2, 0) is 5.41 Å². The second kappa shape index (κ2) is 12.3. The normalized spacial score (nSPS) is 22.6. The quantitative estimate of drug-likeness (QED) is 0.180. The Kier molecular flexibility index (Phi) is 6.90. The van der Waals surface area contributed by atoms with Gasteiger partial charge in [0.25, 0.3) is 0 Å². The van der Waals surface area contributed by atoms with E-state index in [4.69, 9.17) is 15.0 Å². The summed E-state index contributed by atoms with van der Waals surface area (Å²) in [6.07, 6.45) is 6.98. The number of aromatic nitrogens is 3. The van der Waals surface area contributed by atoms with Gasteiger partial charge in [0.15, 0.2) is 17.5 Å². The second-order valence-electron chi connectivity index (χ2n) is 17.6. The van der Waals surface area contributed by atoms with Crippen molar-refractivity contribution in [2.24, 2.45) is 23.7 Å². The lowest BCUT2D eigenvalue weighted by Crippen LogP contribution is -2.55. The summed E-state index contributed by atoms with van der Waals surface area (Å²) in [6.45, 7) is 0. The number of fused-ring (bicyclic) bond motifs is 7. The monoisotopic (exact) mass is 743 g/mol. The van der Waals surface area contributed by atoms with Gasteiger partial charge in [-0.3, -0.25) is 0 Å². The van der Waals surface area contributed by atoms with E-state index >= 15 is 0 Å². The number of rotatable bonds is 4. The average molecular weight is 744 g/mol. The Labute approximate surface area is 338 Å². The molecule has 8 aromatic carbocycles. The zero-order chi connectivity index (χ0) is 38.0. The molecule has 3 nitrogen and oxygen atoms in total. The highest BCUT2D eigenvalue weighted by molar-refractivity contribution is 6.12. The molecule has 1 heterocycles. The van der Waals surface area contributed by atoms with Crippen LogP contribution in [0, 0.1) is 23.7 Å². The lowest BCUT2D eigenvalue weighted by molar-refractivity contribution is -0.0398. The van der Waals surface area contributed by atoms with Crippen molar-refractivity contribution >= 4 is 32.3 Å². The molecule has 4 saturated carbocycles. The summed E-state index contributed by atoms with van der Waals surface area (Å²) in [5.74, 6) is 5.28. The van der Waals surface area contributed by atoms with E-state index in [9.17, 15) is 0 Å². The molecule has 1 aromatic heterocycles. The maximum absolute atomic E-state index is 5.10. The van der Waals surface area contributed by atoms with E-state index in [1.165, 1.54) is 81.3 Å². The first-order chi connectivity index (χ1) is 28.7. The van der Waals surface area contributed by atoms with Gasteiger partial charge in [-0.2, -0.15) is 0 Å². The van der Waals surface area contributed by atoms with Crippen molar-refractivity contribution in [3.63, 3.8) is 0 Å². The fourth-order valence-electron chi connectivity index (χ4n) is 12.6. The van der Waals surface area contributed by atoms with Crippen molar-refractivity contribution in [3.05, 3.63) is 175 Å². The van der Waals surface area contributed by atoms with Crippen LogP contribution in [0.5, 0.6) is 0 Å². The van der Waals surface area contributed by atoms with Gasteiger partial charge in [0.1, 0.15) is 0 Å². The summed E-state index contributed by atoms with van der Waals surface area (Å²) >= 11 is 0. The van der Waals surface area contributed by atoms with Crippen LogP contribution in [0.25, 0.3) is 88.7 Å². The third kappa shape index (κ3) is 4.65. The maximum atomic E-state index is 5.10. The summed E-state index contributed by atoms with van der Waals surface area (Å²) in [6, 6.07) is 60.2. The molecule has 276 valence electrons. The molecule has 9 aromatic rings. The highest BCUT2D eigenvalue weighted by Crippen LogP contribution is 2.70. The van der Waals surface area contributed by atoms with Crippen LogP contribution in [0.2, 0.25) is 0 Å². The van der Waals surface area contributed by atoms with Crippen molar-refractivity contribution in [2.75, 3.05) is 0 Å². The molecule has 4 fully saturated rings. The van der Waals surface area contributed by atoms with Gasteiger partial charge in [0.2, 0.25) is 0 Å². The molecule has 58 heavy (non-hydrogen) atoms. The van der Waals surface area contributed by atoms with Crippen LogP contribution in [0.15, 0.2) is 164 Å². The minimum absolute atomic E-state index is 0.101. The van der Waals surface area contributed by atoms with Crippen molar-refractivity contribution in [3.8, 4) is 56.4 Å². The predicted molar refractivity (Wildman–Crippen MR) is 237 cm³/mol. The topological polar surface area (TPSA) is 38.7 Å². The first kappa shape index (κ1) is 32.6. The molecule has 1 spiro atoms. The Morgan fingerprint density at radius 3 is 1.66 bits per heavy atom. The zero-order valence-corrected chi connectivity index (χ0v) is 32.3. The molecular weight excluding hydrogens is 703 g/mol. The number of hydrogen-bond donors (Lipinski definition) is 0. The van der Waals surface area contributed by atoms with Gasteiger partial charge in [-0.05, 0) is 140 Å². The van der Waals surface area contributed by atoms with Crippen molar-refractivity contribution < 1.29 is 0 Å². The molecule has 4 bridgehead atoms. The molecule has 0 unspecified atom stereocenters. The Bertz CT molecular complexity index is 3040. The van der Waals surface area contributed by atoms with Crippen LogP contribution >= 0.6 is 0 Å². The highest BCUT2D eigenvalue weighted by atomic mass is 15.0. The number of hydrogen-bond acceptors (Lipinski definition) is 3. The number of nitrogens with zero attached hydrogens (tertiary/aromatic N) is 3. The standard InChI is InChI=1S/C55H41N3/c1-3-11-36(12-4-1)52-56-53(37-13-5-2-6-14-37)58-54(57-52)46-20-10-18-40-30-41(21-23-44(40)46)45-19-9-17-35-22-24-48-51(50(35)45)47-31-38-15-7-8-16-39(38)32-49(47)55(48)42-26-33-25-34(28-42)29-43(55)27-33/h1-24,30-34,42-43H,25-29H2. The van der Waals surface area contributed by atoms with Gasteiger partial charge in [-0.1, -0.05) is 146 Å². The van der Waals surface area contributed by atoms with Crippen LogP contribution in [0.3, 0.4) is 0 Å². The zero-order valence-electron chi connectivity index (χ0n) is 32.3. The highest BCUT2D eigenvalue weighted by Gasteiger charge is 2.61. The van der Waals surface area contributed by atoms with Crippen LogP contribution in [0.4, 0.5) is 0 Å². The van der Waals surface area contributed by atoms with Crippen molar-refractivity contribution in [2.45, 2.75) is 37.5 Å². The van der Waals surface area contributed by atoms with Crippen LogP contribution in [0.1, 0.15) is 43.2 Å². The fourth-order valence-corrected chi connectivity index (χ4v) is 12.6. The largest absolute Gasteiger partial charge is 0.208 e. The van der Waals surface area contributed by atoms with Gasteiger partial charge < -0.3 is 0 Å². The molecule has 0 aliphatic heterocycles. The average Bonchev–Trinajstić information content (AvgIpc) is 3.56. The van der Waals surface area contributed by atoms with E-state index in [0.717, 1.165) is 33.9 Å². The third-order valence-corrected chi connectivity index (χ3v) is 14.6. The van der Waals surface area contributed by atoms with E-state index < -0.39 is 0 Å². The molecule has 0 amide bonds. The van der Waals surface area contributed by atoms with Crippen molar-refractivity contribution in [1.82, 2.24) is 15.0 Å². The van der Waals surface area contributed by atoms with E-state index in [-0.39, 0.29) is 5.41 Å². The molecule has 0 atom stereocenters. The summed E-state index contributed by atoms with van der Waals surface area (Å²) < 4.78 is 0. The lowest BCUT2D eigenvalue weighted by atomic mass is 9.43. The van der Waals surface area contributed by atoms with E-state index in [0.29, 0.717) is 29.3 Å². The third-order valence-electron chi connectivity index (χ3n) is 14.6. The fraction of sp³-hybridized carbons (Fsp3) is 0.182. The van der Waals surface area contributed by atoms with Gasteiger partial charge in [0, 0.05) is 22.1 Å². The smallest absolute Gasteiger partial charge is 0.164 e. The first-order valence-electron chi connectivity index (χ1n) is 21.2. The predicted octanol–water partition coefficient (Wildman–Crippen LogP) is 13.7. The van der Waals surface area contributed by atoms with Crippen LogP contribution in [-0.4, -0.2) is 15.0 Å². The molecular formula is C55H41N3. The van der Waals surface area contributed by atoms with Gasteiger partial charge in [0.05, 0.1) is 0 Å².